The van der Waals surface area contributed by atoms with E-state index in [4.69, 9.17) is 17.0 Å². The van der Waals surface area contributed by atoms with Gasteiger partial charge in [0.15, 0.2) is 0 Å². The summed E-state index contributed by atoms with van der Waals surface area (Å²) in [6.07, 6.45) is 1.47. The topological polar surface area (TPSA) is 9.23 Å². The van der Waals surface area contributed by atoms with Gasteiger partial charge in [-0.2, -0.15) is 0 Å². The van der Waals surface area contributed by atoms with Gasteiger partial charge in [-0.15, -0.1) is 0 Å². The first-order chi connectivity index (χ1) is 3.83. The van der Waals surface area contributed by atoms with Crippen molar-refractivity contribution in [1.29, 1.82) is 0 Å². The molecule has 0 amide bonds. The zero-order valence-electron chi connectivity index (χ0n) is 4.72. The smallest absolute Gasteiger partial charge is 0.220 e. The predicted molar refractivity (Wildman–Crippen MR) is 40.2 cm³/mol. The molecule has 8 heavy (non-hydrogen) atoms. The highest BCUT2D eigenvalue weighted by molar-refractivity contribution is 8.22. The summed E-state index contributed by atoms with van der Waals surface area (Å²) in [6.45, 7) is 2.11. The second-order valence-electron chi connectivity index (χ2n) is 1.71. The second-order valence-corrected chi connectivity index (χ2v) is 3.33. The standard InChI is InChI=1S/C5H8OS2/c1-2-4-3-8-5(7)6-4/h4H,2-3H2,1H3/t4-/m1/s1. The maximum atomic E-state index is 5.20. The van der Waals surface area contributed by atoms with E-state index >= 15 is 0 Å². The number of ether oxygens (including phenoxy) is 1. The van der Waals surface area contributed by atoms with Crippen molar-refractivity contribution < 1.29 is 4.74 Å². The van der Waals surface area contributed by atoms with Crippen LogP contribution < -0.4 is 0 Å². The molecule has 0 aromatic heterocycles. The average Bonchev–Trinajstić information content (AvgIpc) is 2.14. The highest BCUT2D eigenvalue weighted by Crippen LogP contribution is 2.21. The molecule has 3 heteroatoms. The van der Waals surface area contributed by atoms with Crippen LogP contribution in [0.5, 0.6) is 0 Å². The quantitative estimate of drug-likeness (QED) is 0.525. The van der Waals surface area contributed by atoms with E-state index in [9.17, 15) is 0 Å². The number of hydrogen-bond donors (Lipinski definition) is 0. The molecule has 1 atom stereocenters. The van der Waals surface area contributed by atoms with E-state index in [1.54, 1.807) is 11.8 Å². The average molecular weight is 148 g/mol. The number of hydrogen-bond acceptors (Lipinski definition) is 3. The lowest BCUT2D eigenvalue weighted by atomic mass is 10.3. The van der Waals surface area contributed by atoms with Gasteiger partial charge in [-0.1, -0.05) is 18.7 Å². The molecule has 1 heterocycles. The van der Waals surface area contributed by atoms with Crippen LogP contribution in [0.3, 0.4) is 0 Å². The molecule has 1 fully saturated rings. The molecule has 1 rings (SSSR count). The van der Waals surface area contributed by atoms with Crippen molar-refractivity contribution in [2.45, 2.75) is 19.4 Å². The highest BCUT2D eigenvalue weighted by atomic mass is 32.2. The fourth-order valence-electron chi connectivity index (χ4n) is 0.566. The van der Waals surface area contributed by atoms with E-state index in [1.807, 2.05) is 0 Å². The van der Waals surface area contributed by atoms with Crippen LogP contribution >= 0.6 is 24.0 Å². The van der Waals surface area contributed by atoms with Gasteiger partial charge >= 0.3 is 0 Å². The van der Waals surface area contributed by atoms with E-state index in [0.29, 0.717) is 6.10 Å². The molecular formula is C5H8OS2. The lowest BCUT2D eigenvalue weighted by Gasteiger charge is -2.01. The highest BCUT2D eigenvalue weighted by Gasteiger charge is 2.18. The van der Waals surface area contributed by atoms with Gasteiger partial charge in [-0.25, -0.2) is 0 Å². The summed E-state index contributed by atoms with van der Waals surface area (Å²) in [4.78, 5) is 0. The zero-order chi connectivity index (χ0) is 5.98. The van der Waals surface area contributed by atoms with Crippen LogP contribution in [-0.2, 0) is 4.74 Å². The Morgan fingerprint density at radius 1 is 2.00 bits per heavy atom. The summed E-state index contributed by atoms with van der Waals surface area (Å²) < 4.78 is 5.92. The van der Waals surface area contributed by atoms with Crippen LogP contribution in [0.25, 0.3) is 0 Å². The van der Waals surface area contributed by atoms with Gasteiger partial charge < -0.3 is 4.74 Å². The molecule has 1 aliphatic heterocycles. The Morgan fingerprint density at radius 3 is 3.00 bits per heavy atom. The van der Waals surface area contributed by atoms with E-state index < -0.39 is 0 Å². The Hall–Kier alpha value is 0.240. The Balaban J connectivity index is 2.32. The second kappa shape index (κ2) is 2.69. The monoisotopic (exact) mass is 148 g/mol. The molecule has 0 bridgehead atoms. The van der Waals surface area contributed by atoms with Gasteiger partial charge in [0.2, 0.25) is 4.38 Å². The molecule has 1 nitrogen and oxygen atoms in total. The minimum Gasteiger partial charge on any atom is -0.474 e. The molecule has 0 aliphatic carbocycles. The van der Waals surface area contributed by atoms with Crippen LogP contribution in [0.15, 0.2) is 0 Å². The minimum absolute atomic E-state index is 0.396. The van der Waals surface area contributed by atoms with Crippen LogP contribution in [-0.4, -0.2) is 16.2 Å². The fraction of sp³-hybridized carbons (Fsp3) is 0.800. The van der Waals surface area contributed by atoms with E-state index in [1.165, 1.54) is 0 Å². The third-order valence-electron chi connectivity index (χ3n) is 1.11. The molecule has 0 aromatic rings. The molecule has 0 radical (unpaired) electrons. The van der Waals surface area contributed by atoms with Gasteiger partial charge in [-0.3, -0.25) is 0 Å². The number of rotatable bonds is 1. The molecule has 1 saturated heterocycles. The first kappa shape index (κ1) is 6.36. The summed E-state index contributed by atoms with van der Waals surface area (Å²) in [5.41, 5.74) is 0. The van der Waals surface area contributed by atoms with Crippen LogP contribution in [0.2, 0.25) is 0 Å². The van der Waals surface area contributed by atoms with Crippen molar-refractivity contribution in [3.8, 4) is 0 Å². The third-order valence-corrected chi connectivity index (χ3v) is 2.43. The lowest BCUT2D eigenvalue weighted by Crippen LogP contribution is -2.06. The molecule has 0 unspecified atom stereocenters. The normalized spacial score (nSPS) is 28.1. The van der Waals surface area contributed by atoms with Crippen molar-refractivity contribution in [3.05, 3.63) is 0 Å². The Bertz CT molecular complexity index is 103. The summed E-state index contributed by atoms with van der Waals surface area (Å²) in [6, 6.07) is 0. The van der Waals surface area contributed by atoms with Crippen molar-refractivity contribution in [2.75, 3.05) is 5.75 Å². The summed E-state index contributed by atoms with van der Waals surface area (Å²) in [7, 11) is 0. The SMILES string of the molecule is CC[C@@H]1CSC(=S)O1. The van der Waals surface area contributed by atoms with E-state index in [2.05, 4.69) is 6.92 Å². The van der Waals surface area contributed by atoms with Gasteiger partial charge in [-0.05, 0) is 18.6 Å². The van der Waals surface area contributed by atoms with Gasteiger partial charge in [0, 0.05) is 5.75 Å². The molecule has 46 valence electrons. The summed E-state index contributed by atoms with van der Waals surface area (Å²) in [5.74, 6) is 1.05. The number of thiocarbonyl (C=S) groups is 1. The van der Waals surface area contributed by atoms with Gasteiger partial charge in [0.1, 0.15) is 6.10 Å². The van der Waals surface area contributed by atoms with Crippen molar-refractivity contribution in [3.63, 3.8) is 0 Å². The first-order valence-corrected chi connectivity index (χ1v) is 4.05. The lowest BCUT2D eigenvalue weighted by molar-refractivity contribution is 0.231. The maximum absolute atomic E-state index is 5.20. The van der Waals surface area contributed by atoms with Crippen LogP contribution in [0.4, 0.5) is 0 Å². The molecule has 0 saturated carbocycles. The van der Waals surface area contributed by atoms with E-state index in [-0.39, 0.29) is 0 Å². The number of thioether (sulfide) groups is 1. The molecule has 0 spiro atoms. The molecule has 1 aliphatic rings. The Labute approximate surface area is 58.8 Å². The molecular weight excluding hydrogens is 140 g/mol. The minimum atomic E-state index is 0.396. The largest absolute Gasteiger partial charge is 0.474 e. The van der Waals surface area contributed by atoms with Crippen molar-refractivity contribution >= 4 is 28.4 Å². The van der Waals surface area contributed by atoms with Gasteiger partial charge in [0.25, 0.3) is 0 Å². The van der Waals surface area contributed by atoms with Gasteiger partial charge in [0.05, 0.1) is 0 Å². The van der Waals surface area contributed by atoms with Crippen molar-refractivity contribution in [1.82, 2.24) is 0 Å². The Morgan fingerprint density at radius 2 is 2.75 bits per heavy atom. The van der Waals surface area contributed by atoms with E-state index in [0.717, 1.165) is 16.6 Å². The summed E-state index contributed by atoms with van der Waals surface area (Å²) in [5, 5.41) is 0. The maximum Gasteiger partial charge on any atom is 0.220 e. The third kappa shape index (κ3) is 1.36. The molecule has 0 N–H and O–H groups in total. The zero-order valence-corrected chi connectivity index (χ0v) is 6.35. The van der Waals surface area contributed by atoms with Crippen LogP contribution in [0, 0.1) is 0 Å². The Kier molecular flexibility index (Phi) is 2.14. The van der Waals surface area contributed by atoms with Crippen molar-refractivity contribution in [2.24, 2.45) is 0 Å². The van der Waals surface area contributed by atoms with Crippen LogP contribution in [0.1, 0.15) is 13.3 Å². The fourth-order valence-corrected chi connectivity index (χ4v) is 1.74. The molecule has 0 aromatic carbocycles. The summed E-state index contributed by atoms with van der Waals surface area (Å²) >= 11 is 6.44. The predicted octanol–water partition coefficient (Wildman–Crippen LogP) is 1.81. The first-order valence-electron chi connectivity index (χ1n) is 2.66.